The molecule has 0 saturated heterocycles. The van der Waals surface area contributed by atoms with Gasteiger partial charge < -0.3 is 10.0 Å². The Morgan fingerprint density at radius 3 is 2.45 bits per heavy atom. The zero-order valence-electron chi connectivity index (χ0n) is 18.6. The molecule has 2 heterocycles. The summed E-state index contributed by atoms with van der Waals surface area (Å²) in [5, 5.41) is 16.0. The number of rotatable bonds is 6. The van der Waals surface area contributed by atoms with Crippen LogP contribution in [0.1, 0.15) is 27.7 Å². The van der Waals surface area contributed by atoms with E-state index in [1.54, 1.807) is 25.5 Å². The maximum Gasteiger partial charge on any atom is 0.193 e. The average molecular weight is 422 g/mol. The molecule has 0 aliphatic carbocycles. The highest BCUT2D eigenvalue weighted by Gasteiger charge is 2.19. The van der Waals surface area contributed by atoms with Crippen LogP contribution in [0, 0.1) is 17.7 Å². The van der Waals surface area contributed by atoms with Gasteiger partial charge in [0.25, 0.3) is 0 Å². The molecule has 0 saturated carbocycles. The van der Waals surface area contributed by atoms with Gasteiger partial charge >= 0.3 is 0 Å². The molecule has 4 aromatic rings. The molecule has 6 nitrogen and oxygen atoms in total. The summed E-state index contributed by atoms with van der Waals surface area (Å²) >= 11 is 0. The Morgan fingerprint density at radius 1 is 1.06 bits per heavy atom. The minimum absolute atomic E-state index is 0.129. The highest BCUT2D eigenvalue weighted by molar-refractivity contribution is 5.89. The van der Waals surface area contributed by atoms with Crippen LogP contribution in [0.4, 0.5) is 10.1 Å². The van der Waals surface area contributed by atoms with Crippen molar-refractivity contribution in [2.24, 2.45) is 18.9 Å². The second kappa shape index (κ2) is 8.13. The first kappa shape index (κ1) is 21.0. The van der Waals surface area contributed by atoms with Crippen molar-refractivity contribution in [2.45, 2.75) is 27.7 Å². The van der Waals surface area contributed by atoms with Gasteiger partial charge in [0, 0.05) is 49.0 Å². The quantitative estimate of drug-likeness (QED) is 0.467. The lowest BCUT2D eigenvalue weighted by molar-refractivity contribution is 0.437. The van der Waals surface area contributed by atoms with Crippen LogP contribution in [-0.2, 0) is 7.05 Å². The summed E-state index contributed by atoms with van der Waals surface area (Å²) in [5.41, 5.74) is 2.26. The lowest BCUT2D eigenvalue weighted by Gasteiger charge is -2.28. The van der Waals surface area contributed by atoms with Gasteiger partial charge in [-0.05, 0) is 36.1 Å². The molecular weight excluding hydrogens is 393 g/mol. The number of hydrogen-bond acceptors (Lipinski definition) is 5. The summed E-state index contributed by atoms with van der Waals surface area (Å²) in [6.45, 7) is 10.8. The maximum atomic E-state index is 14.6. The van der Waals surface area contributed by atoms with E-state index in [2.05, 4.69) is 59.8 Å². The number of fused-ring (bicyclic) bond motifs is 2. The summed E-state index contributed by atoms with van der Waals surface area (Å²) in [6, 6.07) is 7.78. The Labute approximate surface area is 181 Å². The zero-order chi connectivity index (χ0) is 22.3. The largest absolute Gasteiger partial charge is 0.504 e. The van der Waals surface area contributed by atoms with Crippen LogP contribution in [0.2, 0.25) is 0 Å². The smallest absolute Gasteiger partial charge is 0.193 e. The molecule has 0 atom stereocenters. The van der Waals surface area contributed by atoms with Gasteiger partial charge in [0.15, 0.2) is 17.4 Å². The fourth-order valence-electron chi connectivity index (χ4n) is 3.92. The van der Waals surface area contributed by atoms with E-state index in [-0.39, 0.29) is 16.9 Å². The van der Waals surface area contributed by atoms with Crippen molar-refractivity contribution in [2.75, 3.05) is 18.0 Å². The van der Waals surface area contributed by atoms with E-state index in [1.165, 1.54) is 4.68 Å². The molecule has 0 aliphatic heterocycles. The molecule has 31 heavy (non-hydrogen) atoms. The van der Waals surface area contributed by atoms with Crippen LogP contribution in [0.15, 0.2) is 36.7 Å². The number of aryl methyl sites for hydroxylation is 1. The average Bonchev–Trinajstić information content (AvgIpc) is 3.09. The Bertz CT molecular complexity index is 1240. The number of halogens is 1. The van der Waals surface area contributed by atoms with Crippen molar-refractivity contribution in [3.8, 4) is 17.1 Å². The Morgan fingerprint density at radius 2 is 1.77 bits per heavy atom. The summed E-state index contributed by atoms with van der Waals surface area (Å²) in [5.74, 6) is 0.137. The van der Waals surface area contributed by atoms with Crippen molar-refractivity contribution in [1.29, 1.82) is 0 Å². The summed E-state index contributed by atoms with van der Waals surface area (Å²) in [7, 11) is 1.71. The molecule has 162 valence electrons. The Balaban J connectivity index is 1.75. The zero-order valence-corrected chi connectivity index (χ0v) is 18.6. The maximum absolute atomic E-state index is 14.6. The van der Waals surface area contributed by atoms with Crippen LogP contribution < -0.4 is 4.90 Å². The highest BCUT2D eigenvalue weighted by Crippen LogP contribution is 2.35. The van der Waals surface area contributed by atoms with Gasteiger partial charge in [-0.15, -0.1) is 0 Å². The molecule has 0 bridgehead atoms. The monoisotopic (exact) mass is 421 g/mol. The van der Waals surface area contributed by atoms with Crippen LogP contribution in [0.5, 0.6) is 5.75 Å². The van der Waals surface area contributed by atoms with Crippen LogP contribution in [-0.4, -0.2) is 37.9 Å². The Kier molecular flexibility index (Phi) is 5.52. The van der Waals surface area contributed by atoms with E-state index in [4.69, 9.17) is 0 Å². The van der Waals surface area contributed by atoms with Crippen molar-refractivity contribution in [3.05, 3.63) is 42.5 Å². The van der Waals surface area contributed by atoms with E-state index in [0.29, 0.717) is 17.2 Å². The lowest BCUT2D eigenvalue weighted by atomic mass is 10.1. The summed E-state index contributed by atoms with van der Waals surface area (Å²) in [4.78, 5) is 11.4. The summed E-state index contributed by atoms with van der Waals surface area (Å²) in [6.07, 6.45) is 3.43. The second-order valence-electron chi connectivity index (χ2n) is 8.96. The van der Waals surface area contributed by atoms with Crippen molar-refractivity contribution in [1.82, 2.24) is 19.7 Å². The lowest BCUT2D eigenvalue weighted by Crippen LogP contribution is -2.31. The molecule has 0 amide bonds. The van der Waals surface area contributed by atoms with Crippen LogP contribution in [0.3, 0.4) is 0 Å². The predicted molar refractivity (Wildman–Crippen MR) is 123 cm³/mol. The van der Waals surface area contributed by atoms with Crippen molar-refractivity contribution < 1.29 is 9.50 Å². The number of aromatic nitrogens is 4. The standard InChI is InChI=1S/C24H28FN5O/c1-14(2)11-30(12-15(3)4)18-6-7-20-16(8-18)10-26-24(27-20)19-9-17-13-29(5)28-22(17)21(25)23(19)31/h6-10,13-15,31H,11-12H2,1-5H3. The molecule has 4 rings (SSSR count). The van der Waals surface area contributed by atoms with Crippen molar-refractivity contribution in [3.63, 3.8) is 0 Å². The number of phenolic OH excluding ortho intramolecular Hbond substituents is 1. The van der Waals surface area contributed by atoms with Crippen molar-refractivity contribution >= 4 is 27.5 Å². The fourth-order valence-corrected chi connectivity index (χ4v) is 3.92. The molecule has 0 fully saturated rings. The van der Waals surface area contributed by atoms with E-state index in [9.17, 15) is 9.50 Å². The molecule has 2 aromatic heterocycles. The molecular formula is C24H28FN5O. The molecule has 1 N–H and O–H groups in total. The molecule has 0 radical (unpaired) electrons. The van der Waals surface area contributed by atoms with Gasteiger partial charge in [-0.1, -0.05) is 27.7 Å². The van der Waals surface area contributed by atoms with E-state index in [1.807, 2.05) is 6.07 Å². The third kappa shape index (κ3) is 4.17. The molecule has 0 spiro atoms. The van der Waals surface area contributed by atoms with E-state index < -0.39 is 11.6 Å². The molecule has 0 aliphatic rings. The number of hydrogen-bond donors (Lipinski definition) is 1. The first-order chi connectivity index (χ1) is 14.7. The first-order valence-electron chi connectivity index (χ1n) is 10.6. The Hall–Kier alpha value is -3.22. The second-order valence-corrected chi connectivity index (χ2v) is 8.96. The van der Waals surface area contributed by atoms with Gasteiger partial charge in [-0.3, -0.25) is 4.68 Å². The summed E-state index contributed by atoms with van der Waals surface area (Å²) < 4.78 is 16.1. The highest BCUT2D eigenvalue weighted by atomic mass is 19.1. The first-order valence-corrected chi connectivity index (χ1v) is 10.6. The third-order valence-electron chi connectivity index (χ3n) is 5.17. The third-order valence-corrected chi connectivity index (χ3v) is 5.17. The number of nitrogens with zero attached hydrogens (tertiary/aromatic N) is 5. The number of phenols is 1. The topological polar surface area (TPSA) is 67.1 Å². The van der Waals surface area contributed by atoms with Gasteiger partial charge in [-0.2, -0.15) is 5.10 Å². The van der Waals surface area contributed by atoms with Crippen LogP contribution in [0.25, 0.3) is 33.2 Å². The van der Waals surface area contributed by atoms with Crippen LogP contribution >= 0.6 is 0 Å². The van der Waals surface area contributed by atoms with Gasteiger partial charge in [0.1, 0.15) is 5.52 Å². The van der Waals surface area contributed by atoms with Gasteiger partial charge in [0.05, 0.1) is 11.1 Å². The normalized spacial score (nSPS) is 11.9. The number of aromatic hydroxyl groups is 1. The minimum Gasteiger partial charge on any atom is -0.504 e. The molecule has 0 unspecified atom stereocenters. The molecule has 7 heteroatoms. The fraction of sp³-hybridized carbons (Fsp3) is 0.375. The molecule has 2 aromatic carbocycles. The van der Waals surface area contributed by atoms with E-state index >= 15 is 0 Å². The van der Waals surface area contributed by atoms with E-state index in [0.717, 1.165) is 29.7 Å². The predicted octanol–water partition coefficient (Wildman–Crippen LogP) is 5.15. The SMILES string of the molecule is CC(C)CN(CC(C)C)c1ccc2nc(-c3cc4cn(C)nc4c(F)c3O)ncc2c1. The number of anilines is 1. The number of benzene rings is 2. The van der Waals surface area contributed by atoms with Gasteiger partial charge in [-0.25, -0.2) is 14.4 Å². The van der Waals surface area contributed by atoms with Gasteiger partial charge in [0.2, 0.25) is 0 Å². The minimum atomic E-state index is -0.759.